The number of amides is 1. The number of aromatic nitrogens is 2. The number of halogens is 1. The molecule has 2 aliphatic carbocycles. The zero-order valence-corrected chi connectivity index (χ0v) is 37.9. The van der Waals surface area contributed by atoms with Gasteiger partial charge in [-0.1, -0.05) is 43.2 Å². The SMILES string of the molecule is CC1(C)CCC(CN2CCN(c3ccc(C(=O)NS(=O)(=O)c4ccc(NCC5CCN(C6CC6)CC5)c([N+](=O)[O-])c4)c(Oc4cnc5[nH]ccc5c4)c3)CC2)=C(c2ccc(Cl)cc2)C1. The number of H-pyrrole nitrogens is 1. The van der Waals surface area contributed by atoms with Crippen LogP contribution in [0.1, 0.15) is 74.7 Å². The highest BCUT2D eigenvalue weighted by Crippen LogP contribution is 2.44. The summed E-state index contributed by atoms with van der Waals surface area (Å²) in [5, 5.41) is 16.9. The lowest BCUT2D eigenvalue weighted by Crippen LogP contribution is -2.47. The second-order valence-corrected chi connectivity index (χ2v) is 20.6. The predicted octanol–water partition coefficient (Wildman–Crippen LogP) is 9.11. The van der Waals surface area contributed by atoms with Gasteiger partial charge in [-0.05, 0) is 129 Å². The van der Waals surface area contributed by atoms with Crippen LogP contribution in [-0.2, 0) is 10.0 Å². The van der Waals surface area contributed by atoms with Gasteiger partial charge in [-0.3, -0.25) is 19.8 Å². The first-order chi connectivity index (χ1) is 30.8. The maximum absolute atomic E-state index is 14.0. The van der Waals surface area contributed by atoms with E-state index < -0.39 is 25.7 Å². The monoisotopic (exact) mass is 906 g/mol. The van der Waals surface area contributed by atoms with Crippen molar-refractivity contribution in [3.05, 3.63) is 117 Å². The van der Waals surface area contributed by atoms with Gasteiger partial charge in [0.25, 0.3) is 21.6 Å². The van der Waals surface area contributed by atoms with Crippen molar-refractivity contribution in [2.45, 2.75) is 69.7 Å². The summed E-state index contributed by atoms with van der Waals surface area (Å²) in [6.45, 7) is 11.3. The van der Waals surface area contributed by atoms with E-state index in [9.17, 15) is 23.3 Å². The summed E-state index contributed by atoms with van der Waals surface area (Å²) >= 11 is 6.25. The first kappa shape index (κ1) is 43.8. The number of nitrogens with one attached hydrogen (secondary N) is 3. The molecule has 64 heavy (non-hydrogen) atoms. The van der Waals surface area contributed by atoms with Crippen molar-refractivity contribution in [2.75, 3.05) is 62.6 Å². The Morgan fingerprint density at radius 2 is 1.73 bits per heavy atom. The summed E-state index contributed by atoms with van der Waals surface area (Å²) in [5.41, 5.74) is 5.66. The number of carbonyl (C=O) groups excluding carboxylic acids is 1. The largest absolute Gasteiger partial charge is 0.455 e. The van der Waals surface area contributed by atoms with Crippen LogP contribution in [0, 0.1) is 21.4 Å². The molecule has 0 unspecified atom stereocenters. The average Bonchev–Trinajstić information content (AvgIpc) is 4.03. The lowest BCUT2D eigenvalue weighted by atomic mass is 9.72. The minimum Gasteiger partial charge on any atom is -0.455 e. The Kier molecular flexibility index (Phi) is 12.4. The third-order valence-corrected chi connectivity index (χ3v) is 14.9. The predicted molar refractivity (Wildman–Crippen MR) is 251 cm³/mol. The third-order valence-electron chi connectivity index (χ3n) is 13.3. The van der Waals surface area contributed by atoms with Crippen LogP contribution < -0.4 is 19.7 Å². The number of rotatable bonds is 14. The molecule has 3 fully saturated rings. The molecule has 0 radical (unpaired) electrons. The van der Waals surface area contributed by atoms with Gasteiger partial charge in [0.2, 0.25) is 0 Å². The fourth-order valence-corrected chi connectivity index (χ4v) is 10.5. The smallest absolute Gasteiger partial charge is 0.293 e. The van der Waals surface area contributed by atoms with Crippen LogP contribution in [0.15, 0.2) is 95.7 Å². The number of benzene rings is 3. The van der Waals surface area contributed by atoms with Gasteiger partial charge in [0.05, 0.1) is 21.6 Å². The van der Waals surface area contributed by atoms with E-state index >= 15 is 0 Å². The molecule has 0 spiro atoms. The molecular weight excluding hydrogens is 852 g/mol. The average molecular weight is 908 g/mol. The third kappa shape index (κ3) is 10.1. The van der Waals surface area contributed by atoms with Crippen LogP contribution >= 0.6 is 11.6 Å². The van der Waals surface area contributed by atoms with Crippen LogP contribution in [0.3, 0.4) is 0 Å². The molecule has 5 aromatic rings. The number of nitro groups is 1. The molecule has 2 aromatic heterocycles. The fourth-order valence-electron chi connectivity index (χ4n) is 9.41. The minimum absolute atomic E-state index is 0.0254. The molecule has 4 aliphatic rings. The van der Waals surface area contributed by atoms with Gasteiger partial charge < -0.3 is 24.8 Å². The highest BCUT2D eigenvalue weighted by molar-refractivity contribution is 7.90. The maximum Gasteiger partial charge on any atom is 0.293 e. The number of piperidine rings is 1. The van der Waals surface area contributed by atoms with Crippen LogP contribution in [0.5, 0.6) is 11.5 Å². The molecule has 3 aromatic carbocycles. The summed E-state index contributed by atoms with van der Waals surface area (Å²) < 4.78 is 36.0. The normalized spacial score (nSPS) is 18.9. The van der Waals surface area contributed by atoms with E-state index in [1.54, 1.807) is 30.5 Å². The Bertz CT molecular complexity index is 2680. The number of nitro benzene ring substituents is 1. The standard InChI is InChI=1S/C48H55ClN8O6S/c1-48(2)17-13-35(42(28-48)33-3-5-36(49)6-4-33)31-54-21-23-56(24-22-54)38-9-11-41(45(26-38)63-39-25-34-14-18-50-46(34)52-30-39)47(58)53-64(61,62)40-10-12-43(44(27-40)57(59)60)51-29-32-15-19-55(20-16-32)37-7-8-37/h3-6,9-12,14,18,25-27,30,32,37,51H,7-8,13,15-17,19-24,28-29,31H2,1-2H3,(H,50,52)(H,53,58). The number of carbonyl (C=O) groups is 1. The number of allylic oxidation sites excluding steroid dienone is 1. The lowest BCUT2D eigenvalue weighted by Gasteiger charge is -2.39. The first-order valence-corrected chi connectivity index (χ1v) is 24.2. The molecule has 2 aliphatic heterocycles. The summed E-state index contributed by atoms with van der Waals surface area (Å²) in [6, 6.07) is 21.3. The molecule has 2 saturated heterocycles. The van der Waals surface area contributed by atoms with Gasteiger partial charge in [-0.25, -0.2) is 18.1 Å². The van der Waals surface area contributed by atoms with Crippen molar-refractivity contribution in [2.24, 2.45) is 11.3 Å². The Morgan fingerprint density at radius 1 is 0.969 bits per heavy atom. The highest BCUT2D eigenvalue weighted by atomic mass is 35.5. The molecule has 0 atom stereocenters. The number of piperazine rings is 1. The topological polar surface area (TPSA) is 166 Å². The molecule has 3 N–H and O–H groups in total. The van der Waals surface area contributed by atoms with Crippen LogP contribution in [0.4, 0.5) is 17.1 Å². The van der Waals surface area contributed by atoms with E-state index in [-0.39, 0.29) is 28.1 Å². The van der Waals surface area contributed by atoms with Gasteiger partial charge in [0.15, 0.2) is 0 Å². The number of aromatic amines is 1. The van der Waals surface area contributed by atoms with Crippen LogP contribution in [0.2, 0.25) is 5.02 Å². The van der Waals surface area contributed by atoms with E-state index in [1.165, 1.54) is 47.9 Å². The number of hydrogen-bond donors (Lipinski definition) is 3. The Morgan fingerprint density at radius 3 is 2.47 bits per heavy atom. The minimum atomic E-state index is -4.55. The van der Waals surface area contributed by atoms with Gasteiger partial charge in [0, 0.05) is 79.7 Å². The molecule has 14 nitrogen and oxygen atoms in total. The summed E-state index contributed by atoms with van der Waals surface area (Å²) in [6.07, 6.45) is 11.0. The van der Waals surface area contributed by atoms with Gasteiger partial charge in [0.1, 0.15) is 22.8 Å². The highest BCUT2D eigenvalue weighted by Gasteiger charge is 2.33. The second-order valence-electron chi connectivity index (χ2n) is 18.5. The van der Waals surface area contributed by atoms with Crippen LogP contribution in [-0.4, -0.2) is 97.4 Å². The van der Waals surface area contributed by atoms with E-state index in [2.05, 4.69) is 60.7 Å². The van der Waals surface area contributed by atoms with Crippen molar-refractivity contribution >= 4 is 61.2 Å². The Labute approximate surface area is 379 Å². The van der Waals surface area contributed by atoms with Gasteiger partial charge in [-0.2, -0.15) is 0 Å². The number of nitrogens with zero attached hydrogens (tertiary/aromatic N) is 5. The van der Waals surface area contributed by atoms with Crippen LogP contribution in [0.25, 0.3) is 16.6 Å². The van der Waals surface area contributed by atoms with Crippen molar-refractivity contribution in [3.63, 3.8) is 0 Å². The number of ether oxygens (including phenoxy) is 1. The second kappa shape index (κ2) is 18.2. The Balaban J connectivity index is 0.907. The van der Waals surface area contributed by atoms with E-state index in [0.29, 0.717) is 29.9 Å². The summed E-state index contributed by atoms with van der Waals surface area (Å²) in [4.78, 5) is 39.9. The maximum atomic E-state index is 14.0. The molecule has 4 heterocycles. The Hall–Kier alpha value is -5.48. The lowest BCUT2D eigenvalue weighted by molar-refractivity contribution is -0.384. The number of anilines is 2. The fraction of sp³-hybridized carbons (Fsp3) is 0.417. The first-order valence-electron chi connectivity index (χ1n) is 22.3. The summed E-state index contributed by atoms with van der Waals surface area (Å²) in [7, 11) is -4.55. The van der Waals surface area contributed by atoms with Gasteiger partial charge >= 0.3 is 0 Å². The van der Waals surface area contributed by atoms with E-state index in [4.69, 9.17) is 16.3 Å². The molecule has 16 heteroatoms. The molecule has 1 saturated carbocycles. The number of fused-ring (bicyclic) bond motifs is 1. The zero-order chi connectivity index (χ0) is 44.6. The van der Waals surface area contributed by atoms with E-state index in [0.717, 1.165) is 100 Å². The van der Waals surface area contributed by atoms with E-state index in [1.807, 2.05) is 18.2 Å². The number of pyridine rings is 1. The number of hydrogen-bond acceptors (Lipinski definition) is 11. The number of likely N-dealkylation sites (tertiary alicyclic amines) is 1. The van der Waals surface area contributed by atoms with Crippen molar-refractivity contribution in [3.8, 4) is 11.5 Å². The van der Waals surface area contributed by atoms with Crippen molar-refractivity contribution < 1.29 is 22.9 Å². The molecular formula is C48H55ClN8O6S. The quantitative estimate of drug-likeness (QED) is 0.0719. The van der Waals surface area contributed by atoms with Gasteiger partial charge in [-0.15, -0.1) is 0 Å². The molecule has 336 valence electrons. The van der Waals surface area contributed by atoms with Crippen molar-refractivity contribution in [1.82, 2.24) is 24.5 Å². The zero-order valence-electron chi connectivity index (χ0n) is 36.3. The molecule has 1 amide bonds. The summed E-state index contributed by atoms with van der Waals surface area (Å²) in [5.74, 6) is -0.0822. The van der Waals surface area contributed by atoms with Crippen molar-refractivity contribution in [1.29, 1.82) is 0 Å². The molecule has 9 rings (SSSR count). The number of sulfonamides is 1. The molecule has 0 bridgehead atoms.